The lowest BCUT2D eigenvalue weighted by molar-refractivity contribution is -0.923. The van der Waals surface area contributed by atoms with Gasteiger partial charge >= 0.3 is 13.8 Å². The second-order valence-electron chi connectivity index (χ2n) is 5.77. The summed E-state index contributed by atoms with van der Waals surface area (Å²) < 4.78 is 27.5. The van der Waals surface area contributed by atoms with Crippen LogP contribution in [0.4, 0.5) is 0 Å². The lowest BCUT2D eigenvalue weighted by atomic mass is 10.3. The van der Waals surface area contributed by atoms with Gasteiger partial charge in [-0.05, 0) is 40.5 Å². The Morgan fingerprint density at radius 3 is 2.04 bits per heavy atom. The first kappa shape index (κ1) is 23.3. The Morgan fingerprint density at radius 2 is 1.54 bits per heavy atom. The zero-order chi connectivity index (χ0) is 18.6. The Kier molecular flexibility index (Phi) is 11.4. The minimum atomic E-state index is -4.03. The summed E-state index contributed by atoms with van der Waals surface area (Å²) in [6.07, 6.45) is 1.04. The summed E-state index contributed by atoms with van der Waals surface area (Å²) in [5, 5.41) is 0. The number of phosphoric ester groups is 1. The van der Waals surface area contributed by atoms with Crippen LogP contribution in [0.5, 0.6) is 0 Å². The molecule has 0 rings (SSSR count). The highest BCUT2D eigenvalue weighted by molar-refractivity contribution is 7.47. The molecule has 142 valence electrons. The van der Waals surface area contributed by atoms with E-state index in [1.54, 1.807) is 6.92 Å². The summed E-state index contributed by atoms with van der Waals surface area (Å²) in [5.41, 5.74) is 0.347. The summed E-state index contributed by atoms with van der Waals surface area (Å²) in [7, 11) is -4.03. The third kappa shape index (κ3) is 9.55. The number of carbonyl (C=O) groups is 1. The second kappa shape index (κ2) is 11.8. The molecule has 0 aromatic heterocycles. The fraction of sp³-hybridized carbons (Fsp3) is 0.812. The summed E-state index contributed by atoms with van der Waals surface area (Å²) in [6.45, 7) is 15.4. The standard InChI is InChI=1S/C16H32NO6P/c1-6-17(7-2,8-3)11-14-23-24(19,20)22-13-10-9-12-21-16(18)15(4)5/h4,6-14H2,1-3,5H3/p+1. The Morgan fingerprint density at radius 1 is 1.04 bits per heavy atom. The first-order valence-electron chi connectivity index (χ1n) is 8.51. The number of ether oxygens (including phenoxy) is 1. The quantitative estimate of drug-likeness (QED) is 0.167. The molecule has 0 spiro atoms. The minimum absolute atomic E-state index is 0.0771. The molecule has 0 aliphatic rings. The van der Waals surface area contributed by atoms with E-state index in [2.05, 4.69) is 27.4 Å². The van der Waals surface area contributed by atoms with Crippen molar-refractivity contribution >= 4 is 13.8 Å². The number of phosphoric acid groups is 1. The fourth-order valence-electron chi connectivity index (χ4n) is 2.20. The molecule has 0 amide bonds. The summed E-state index contributed by atoms with van der Waals surface area (Å²) >= 11 is 0. The molecule has 1 N–H and O–H groups in total. The number of rotatable bonds is 14. The van der Waals surface area contributed by atoms with E-state index in [0.717, 1.165) is 24.1 Å². The molecular weight excluding hydrogens is 333 g/mol. The van der Waals surface area contributed by atoms with Crippen LogP contribution in [0.1, 0.15) is 40.5 Å². The van der Waals surface area contributed by atoms with Gasteiger partial charge in [-0.1, -0.05) is 6.58 Å². The molecule has 7 nitrogen and oxygen atoms in total. The van der Waals surface area contributed by atoms with Crippen LogP contribution in [0, 0.1) is 0 Å². The van der Waals surface area contributed by atoms with E-state index in [1.807, 2.05) is 0 Å². The largest absolute Gasteiger partial charge is 0.472 e. The Hall–Kier alpha value is -0.720. The van der Waals surface area contributed by atoms with Gasteiger partial charge in [-0.3, -0.25) is 9.05 Å². The lowest BCUT2D eigenvalue weighted by Gasteiger charge is -2.35. The predicted octanol–water partition coefficient (Wildman–Crippen LogP) is 2.90. The molecule has 1 unspecified atom stereocenters. The van der Waals surface area contributed by atoms with E-state index in [9.17, 15) is 14.3 Å². The van der Waals surface area contributed by atoms with Crippen molar-refractivity contribution in [3.8, 4) is 0 Å². The van der Waals surface area contributed by atoms with E-state index >= 15 is 0 Å². The highest BCUT2D eigenvalue weighted by Gasteiger charge is 2.25. The first-order chi connectivity index (χ1) is 11.2. The van der Waals surface area contributed by atoms with Crippen LogP contribution in [0.2, 0.25) is 0 Å². The van der Waals surface area contributed by atoms with Crippen LogP contribution in [0.25, 0.3) is 0 Å². The third-order valence-electron chi connectivity index (χ3n) is 4.21. The molecule has 0 aromatic carbocycles. The SMILES string of the molecule is C=C(C)C(=O)OCCCCOP(=O)(O)OCC[N+](CC)(CC)CC. The number of unbranched alkanes of at least 4 members (excludes halogenated alkanes) is 1. The van der Waals surface area contributed by atoms with Crippen LogP contribution in [-0.4, -0.2) is 61.3 Å². The fourth-order valence-corrected chi connectivity index (χ4v) is 2.95. The van der Waals surface area contributed by atoms with Crippen molar-refractivity contribution in [3.63, 3.8) is 0 Å². The van der Waals surface area contributed by atoms with Crippen molar-refractivity contribution in [1.29, 1.82) is 0 Å². The number of quaternary nitrogens is 1. The highest BCUT2D eigenvalue weighted by Crippen LogP contribution is 2.43. The van der Waals surface area contributed by atoms with Gasteiger partial charge in [0.25, 0.3) is 0 Å². The molecule has 1 atom stereocenters. The molecule has 0 radical (unpaired) electrons. The number of hydrogen-bond donors (Lipinski definition) is 1. The molecular formula is C16H33NO6P+. The summed E-state index contributed by atoms with van der Waals surface area (Å²) in [6, 6.07) is 0. The first-order valence-corrected chi connectivity index (χ1v) is 10.0. The van der Waals surface area contributed by atoms with Crippen LogP contribution in [0.3, 0.4) is 0 Å². The van der Waals surface area contributed by atoms with Crippen molar-refractivity contribution in [1.82, 2.24) is 0 Å². The van der Waals surface area contributed by atoms with Crippen LogP contribution >= 0.6 is 7.82 Å². The maximum Gasteiger partial charge on any atom is 0.472 e. The van der Waals surface area contributed by atoms with Gasteiger partial charge in [-0.25, -0.2) is 9.36 Å². The normalized spacial score (nSPS) is 14.2. The van der Waals surface area contributed by atoms with Crippen LogP contribution in [0.15, 0.2) is 12.2 Å². The molecule has 0 heterocycles. The van der Waals surface area contributed by atoms with Crippen molar-refractivity contribution in [2.45, 2.75) is 40.5 Å². The second-order valence-corrected chi connectivity index (χ2v) is 7.23. The molecule has 0 bridgehead atoms. The summed E-state index contributed by atoms with van der Waals surface area (Å²) in [4.78, 5) is 20.8. The monoisotopic (exact) mass is 366 g/mol. The third-order valence-corrected chi connectivity index (χ3v) is 5.22. The average Bonchev–Trinajstić information content (AvgIpc) is 2.54. The van der Waals surface area contributed by atoms with Gasteiger partial charge < -0.3 is 14.1 Å². The minimum Gasteiger partial charge on any atom is -0.462 e. The smallest absolute Gasteiger partial charge is 0.462 e. The van der Waals surface area contributed by atoms with E-state index in [4.69, 9.17) is 13.8 Å². The van der Waals surface area contributed by atoms with Gasteiger partial charge in [-0.2, -0.15) is 0 Å². The molecule has 8 heteroatoms. The number of nitrogens with zero attached hydrogens (tertiary/aromatic N) is 1. The Labute approximate surface area is 145 Å². The van der Waals surface area contributed by atoms with E-state index < -0.39 is 13.8 Å². The maximum absolute atomic E-state index is 11.8. The highest BCUT2D eigenvalue weighted by atomic mass is 31.2. The summed E-state index contributed by atoms with van der Waals surface area (Å²) in [5.74, 6) is -0.434. The molecule has 0 aromatic rings. The Bertz CT molecular complexity index is 428. The molecule has 0 saturated heterocycles. The zero-order valence-electron chi connectivity index (χ0n) is 15.5. The molecule has 0 aliphatic heterocycles. The van der Waals surface area contributed by atoms with Crippen molar-refractivity contribution in [3.05, 3.63) is 12.2 Å². The van der Waals surface area contributed by atoms with Gasteiger partial charge in [0.1, 0.15) is 13.2 Å². The zero-order valence-corrected chi connectivity index (χ0v) is 16.3. The van der Waals surface area contributed by atoms with E-state index in [-0.39, 0.29) is 19.8 Å². The lowest BCUT2D eigenvalue weighted by Crippen LogP contribution is -2.49. The van der Waals surface area contributed by atoms with Gasteiger partial charge in [0.05, 0.1) is 32.8 Å². The van der Waals surface area contributed by atoms with Crippen LogP contribution < -0.4 is 0 Å². The van der Waals surface area contributed by atoms with E-state index in [0.29, 0.717) is 25.0 Å². The van der Waals surface area contributed by atoms with Gasteiger partial charge in [0.15, 0.2) is 0 Å². The molecule has 0 aliphatic carbocycles. The molecule has 0 saturated carbocycles. The maximum atomic E-state index is 11.8. The number of esters is 1. The van der Waals surface area contributed by atoms with Crippen molar-refractivity contribution in [2.75, 3.05) is 46.0 Å². The van der Waals surface area contributed by atoms with E-state index in [1.165, 1.54) is 0 Å². The topological polar surface area (TPSA) is 82.1 Å². The van der Waals surface area contributed by atoms with Crippen molar-refractivity contribution in [2.24, 2.45) is 0 Å². The van der Waals surface area contributed by atoms with Gasteiger partial charge in [0.2, 0.25) is 0 Å². The molecule has 24 heavy (non-hydrogen) atoms. The number of carbonyl (C=O) groups excluding carboxylic acids is 1. The number of likely N-dealkylation sites (N-methyl/N-ethyl adjacent to an activating group) is 1. The van der Waals surface area contributed by atoms with Crippen molar-refractivity contribution < 1.29 is 32.5 Å². The number of hydrogen-bond acceptors (Lipinski definition) is 5. The predicted molar refractivity (Wildman–Crippen MR) is 93.5 cm³/mol. The van der Waals surface area contributed by atoms with Gasteiger partial charge in [-0.15, -0.1) is 0 Å². The van der Waals surface area contributed by atoms with Crippen LogP contribution in [-0.2, 0) is 23.1 Å². The Balaban J connectivity index is 3.92. The van der Waals surface area contributed by atoms with Gasteiger partial charge in [0, 0.05) is 5.57 Å². The average molecular weight is 366 g/mol. The molecule has 0 fully saturated rings.